The molecule has 0 unspecified atom stereocenters. The zero-order valence-electron chi connectivity index (χ0n) is 37.6. The monoisotopic (exact) mass is 799 g/mol. The molecule has 0 fully saturated rings. The molecule has 0 aliphatic carbocycles. The second-order valence-electron chi connectivity index (χ2n) is 16.0. The van der Waals surface area contributed by atoms with E-state index in [1.165, 1.54) is 103 Å². The van der Waals surface area contributed by atoms with Gasteiger partial charge in [0, 0.05) is 19.3 Å². The lowest BCUT2D eigenvalue weighted by Gasteiger charge is -2.18. The van der Waals surface area contributed by atoms with Gasteiger partial charge in [-0.3, -0.25) is 14.4 Å². The molecule has 0 amide bonds. The number of allylic oxidation sites excluding steroid dienone is 8. The minimum Gasteiger partial charge on any atom is -0.462 e. The molecule has 0 aromatic heterocycles. The Morgan fingerprint density at radius 1 is 0.351 bits per heavy atom. The second-order valence-corrected chi connectivity index (χ2v) is 16.0. The van der Waals surface area contributed by atoms with Gasteiger partial charge in [0.25, 0.3) is 0 Å². The minimum absolute atomic E-state index is 0.0823. The Morgan fingerprint density at radius 2 is 0.632 bits per heavy atom. The van der Waals surface area contributed by atoms with E-state index in [1.54, 1.807) is 0 Å². The zero-order chi connectivity index (χ0) is 41.5. The van der Waals surface area contributed by atoms with Crippen LogP contribution in [0.3, 0.4) is 0 Å². The molecule has 0 aliphatic rings. The Kier molecular flexibility index (Phi) is 43.9. The molecule has 0 rings (SSSR count). The maximum atomic E-state index is 12.7. The summed E-state index contributed by atoms with van der Waals surface area (Å²) in [5.74, 6) is -0.914. The van der Waals surface area contributed by atoms with E-state index in [0.717, 1.165) is 96.3 Å². The molecule has 0 N–H and O–H groups in total. The number of ether oxygens (including phenoxy) is 3. The van der Waals surface area contributed by atoms with Gasteiger partial charge in [-0.05, 0) is 83.5 Å². The Labute approximate surface area is 352 Å². The SMILES string of the molecule is CCCCC/C=C\C/C=C\C/C=C\CCCCCCC(=O)OC[C@@H](COC(=O)CCCCCCCCCCCC)OC(=O)CCCCCCC/C=C\CCCCC. The van der Waals surface area contributed by atoms with Crippen LogP contribution in [-0.2, 0) is 28.6 Å². The minimum atomic E-state index is -0.782. The first kappa shape index (κ1) is 54.4. The molecule has 0 bridgehead atoms. The van der Waals surface area contributed by atoms with Crippen molar-refractivity contribution in [1.29, 1.82) is 0 Å². The van der Waals surface area contributed by atoms with Gasteiger partial charge in [-0.2, -0.15) is 0 Å². The average molecular weight is 799 g/mol. The summed E-state index contributed by atoms with van der Waals surface area (Å²) >= 11 is 0. The number of unbranched alkanes of at least 4 members (excludes halogenated alkanes) is 24. The fraction of sp³-hybridized carbons (Fsp3) is 0.784. The second kappa shape index (κ2) is 46.1. The molecular weight excluding hydrogens is 709 g/mol. The van der Waals surface area contributed by atoms with Crippen LogP contribution in [0.15, 0.2) is 48.6 Å². The number of rotatable bonds is 43. The normalized spacial score (nSPS) is 12.4. The zero-order valence-corrected chi connectivity index (χ0v) is 37.6. The van der Waals surface area contributed by atoms with Crippen molar-refractivity contribution in [2.24, 2.45) is 0 Å². The number of hydrogen-bond acceptors (Lipinski definition) is 6. The first-order valence-electron chi connectivity index (χ1n) is 24.1. The number of carbonyl (C=O) groups excluding carboxylic acids is 3. The van der Waals surface area contributed by atoms with Gasteiger partial charge in [-0.15, -0.1) is 0 Å². The fourth-order valence-corrected chi connectivity index (χ4v) is 6.62. The van der Waals surface area contributed by atoms with E-state index in [9.17, 15) is 14.4 Å². The van der Waals surface area contributed by atoms with Gasteiger partial charge in [-0.25, -0.2) is 0 Å². The molecule has 0 saturated heterocycles. The summed E-state index contributed by atoms with van der Waals surface area (Å²) in [6.45, 7) is 6.54. The van der Waals surface area contributed by atoms with Crippen molar-refractivity contribution >= 4 is 17.9 Å². The molecule has 57 heavy (non-hydrogen) atoms. The van der Waals surface area contributed by atoms with Crippen LogP contribution >= 0.6 is 0 Å². The Bertz CT molecular complexity index is 1010. The van der Waals surface area contributed by atoms with Crippen molar-refractivity contribution in [2.45, 2.75) is 245 Å². The van der Waals surface area contributed by atoms with Gasteiger partial charge in [0.05, 0.1) is 0 Å². The highest BCUT2D eigenvalue weighted by atomic mass is 16.6. The van der Waals surface area contributed by atoms with Crippen molar-refractivity contribution in [3.8, 4) is 0 Å². The van der Waals surface area contributed by atoms with E-state index in [2.05, 4.69) is 69.4 Å². The van der Waals surface area contributed by atoms with E-state index in [4.69, 9.17) is 14.2 Å². The van der Waals surface area contributed by atoms with Crippen molar-refractivity contribution in [3.05, 3.63) is 48.6 Å². The lowest BCUT2D eigenvalue weighted by atomic mass is 10.1. The topological polar surface area (TPSA) is 78.9 Å². The summed E-state index contributed by atoms with van der Waals surface area (Å²) in [6.07, 6.45) is 53.7. The largest absolute Gasteiger partial charge is 0.462 e. The first-order valence-corrected chi connectivity index (χ1v) is 24.1. The Hall–Kier alpha value is -2.63. The molecule has 6 nitrogen and oxygen atoms in total. The fourth-order valence-electron chi connectivity index (χ4n) is 6.62. The third-order valence-corrected chi connectivity index (χ3v) is 10.3. The summed E-state index contributed by atoms with van der Waals surface area (Å²) in [7, 11) is 0. The summed E-state index contributed by atoms with van der Waals surface area (Å²) in [5, 5.41) is 0. The molecule has 330 valence electrons. The van der Waals surface area contributed by atoms with Crippen LogP contribution in [0.4, 0.5) is 0 Å². The van der Waals surface area contributed by atoms with Crippen LogP contribution < -0.4 is 0 Å². The smallest absolute Gasteiger partial charge is 0.306 e. The highest BCUT2D eigenvalue weighted by molar-refractivity contribution is 5.71. The predicted octanol–water partition coefficient (Wildman–Crippen LogP) is 15.5. The maximum absolute atomic E-state index is 12.7. The molecule has 0 aromatic carbocycles. The molecule has 0 saturated carbocycles. The molecule has 0 spiro atoms. The quantitative estimate of drug-likeness (QED) is 0.0265. The first-order chi connectivity index (χ1) is 28.0. The van der Waals surface area contributed by atoms with Gasteiger partial charge in [-0.1, -0.05) is 185 Å². The van der Waals surface area contributed by atoms with Gasteiger partial charge in [0.1, 0.15) is 13.2 Å². The number of carbonyl (C=O) groups is 3. The molecule has 0 heterocycles. The van der Waals surface area contributed by atoms with Crippen LogP contribution in [0.1, 0.15) is 239 Å². The van der Waals surface area contributed by atoms with Gasteiger partial charge >= 0.3 is 17.9 Å². The Balaban J connectivity index is 4.39. The summed E-state index contributed by atoms with van der Waals surface area (Å²) in [5.41, 5.74) is 0. The van der Waals surface area contributed by atoms with E-state index < -0.39 is 6.10 Å². The van der Waals surface area contributed by atoms with Crippen LogP contribution in [0.25, 0.3) is 0 Å². The maximum Gasteiger partial charge on any atom is 0.306 e. The van der Waals surface area contributed by atoms with E-state index in [1.807, 2.05) is 0 Å². The van der Waals surface area contributed by atoms with E-state index >= 15 is 0 Å². The highest BCUT2D eigenvalue weighted by Gasteiger charge is 2.19. The van der Waals surface area contributed by atoms with Gasteiger partial charge in [0.2, 0.25) is 0 Å². The third-order valence-electron chi connectivity index (χ3n) is 10.3. The average Bonchev–Trinajstić information content (AvgIpc) is 3.21. The third kappa shape index (κ3) is 44.3. The van der Waals surface area contributed by atoms with Crippen molar-refractivity contribution < 1.29 is 28.6 Å². The molecule has 6 heteroatoms. The van der Waals surface area contributed by atoms with Crippen molar-refractivity contribution in [3.63, 3.8) is 0 Å². The molecular formula is C51H90O6. The number of esters is 3. The number of hydrogen-bond donors (Lipinski definition) is 0. The lowest BCUT2D eigenvalue weighted by Crippen LogP contribution is -2.30. The molecule has 0 aromatic rings. The van der Waals surface area contributed by atoms with Crippen molar-refractivity contribution in [1.82, 2.24) is 0 Å². The summed E-state index contributed by atoms with van der Waals surface area (Å²) in [4.78, 5) is 37.8. The predicted molar refractivity (Wildman–Crippen MR) is 242 cm³/mol. The molecule has 0 aliphatic heterocycles. The lowest BCUT2D eigenvalue weighted by molar-refractivity contribution is -0.167. The van der Waals surface area contributed by atoms with Crippen LogP contribution in [0.5, 0.6) is 0 Å². The standard InChI is InChI=1S/C51H90O6/c1-4-7-10-13-16-19-22-24-25-26-27-28-30-32-35-38-41-44-50(53)56-47-48(46-55-49(52)43-40-37-34-31-21-18-15-12-9-6-3)57-51(54)45-42-39-36-33-29-23-20-17-14-11-8-5-2/h16-17,19-20,24-25,27-28,48H,4-15,18,21-23,26,29-47H2,1-3H3/b19-16-,20-17-,25-24-,28-27-/t48-/m1/s1. The molecule has 0 radical (unpaired) electrons. The van der Waals surface area contributed by atoms with Crippen molar-refractivity contribution in [2.75, 3.05) is 13.2 Å². The van der Waals surface area contributed by atoms with Gasteiger partial charge in [0.15, 0.2) is 6.10 Å². The van der Waals surface area contributed by atoms with E-state index in [-0.39, 0.29) is 31.1 Å². The summed E-state index contributed by atoms with van der Waals surface area (Å²) in [6, 6.07) is 0. The molecule has 1 atom stereocenters. The van der Waals surface area contributed by atoms with E-state index in [0.29, 0.717) is 19.3 Å². The van der Waals surface area contributed by atoms with Crippen LogP contribution in [0.2, 0.25) is 0 Å². The van der Waals surface area contributed by atoms with Crippen LogP contribution in [0, 0.1) is 0 Å². The highest BCUT2D eigenvalue weighted by Crippen LogP contribution is 2.14. The van der Waals surface area contributed by atoms with Gasteiger partial charge < -0.3 is 14.2 Å². The Morgan fingerprint density at radius 3 is 1.04 bits per heavy atom. The van der Waals surface area contributed by atoms with Crippen LogP contribution in [-0.4, -0.2) is 37.2 Å². The summed E-state index contributed by atoms with van der Waals surface area (Å²) < 4.78 is 16.7.